The molecule has 5 heteroatoms. The van der Waals surface area contributed by atoms with E-state index in [-0.39, 0.29) is 18.4 Å². The van der Waals surface area contributed by atoms with Gasteiger partial charge in [-0.25, -0.2) is 0 Å². The van der Waals surface area contributed by atoms with Gasteiger partial charge in [-0.2, -0.15) is 0 Å². The van der Waals surface area contributed by atoms with Crippen molar-refractivity contribution >= 4 is 23.6 Å². The highest BCUT2D eigenvalue weighted by atomic mass is 32.2. The minimum absolute atomic E-state index is 0.00610. The van der Waals surface area contributed by atoms with Crippen molar-refractivity contribution in [2.24, 2.45) is 0 Å². The summed E-state index contributed by atoms with van der Waals surface area (Å²) in [6, 6.07) is 7.37. The van der Waals surface area contributed by atoms with Crippen LogP contribution in [0.15, 0.2) is 29.2 Å². The third-order valence-electron chi connectivity index (χ3n) is 3.21. The third kappa shape index (κ3) is 3.73. The first-order valence-corrected chi connectivity index (χ1v) is 7.63. The first-order chi connectivity index (χ1) is 9.20. The van der Waals surface area contributed by atoms with Gasteiger partial charge < -0.3 is 10.2 Å². The molecular weight excluding hydrogens is 260 g/mol. The van der Waals surface area contributed by atoms with E-state index in [4.69, 9.17) is 0 Å². The lowest BCUT2D eigenvalue weighted by atomic mass is 10.2. The van der Waals surface area contributed by atoms with Crippen LogP contribution in [0.4, 0.5) is 0 Å². The third-order valence-corrected chi connectivity index (χ3v) is 3.95. The lowest BCUT2D eigenvalue weighted by molar-refractivity contribution is -0.129. The van der Waals surface area contributed by atoms with E-state index < -0.39 is 0 Å². The highest BCUT2D eigenvalue weighted by molar-refractivity contribution is 7.98. The number of nitrogens with zero attached hydrogens (tertiary/aromatic N) is 1. The molecule has 1 fully saturated rings. The highest BCUT2D eigenvalue weighted by Crippen LogP contribution is 2.14. The molecule has 2 amide bonds. The van der Waals surface area contributed by atoms with Crippen molar-refractivity contribution in [1.29, 1.82) is 0 Å². The van der Waals surface area contributed by atoms with Gasteiger partial charge in [-0.3, -0.25) is 9.59 Å². The van der Waals surface area contributed by atoms with Crippen molar-refractivity contribution in [2.75, 3.05) is 25.9 Å². The van der Waals surface area contributed by atoms with Crippen molar-refractivity contribution in [3.05, 3.63) is 29.8 Å². The second-order valence-corrected chi connectivity index (χ2v) is 5.38. The Hall–Kier alpha value is -1.49. The SMILES string of the molecule is CSc1ccc(C(=O)NCC(=O)N2CCCC2)cc1. The van der Waals surface area contributed by atoms with Crippen molar-refractivity contribution in [3.8, 4) is 0 Å². The smallest absolute Gasteiger partial charge is 0.251 e. The molecule has 0 atom stereocenters. The van der Waals surface area contributed by atoms with Crippen LogP contribution in [0.2, 0.25) is 0 Å². The predicted molar refractivity (Wildman–Crippen MR) is 76.4 cm³/mol. The van der Waals surface area contributed by atoms with Gasteiger partial charge in [0.15, 0.2) is 0 Å². The van der Waals surface area contributed by atoms with Crippen LogP contribution >= 0.6 is 11.8 Å². The predicted octanol–water partition coefficient (Wildman–Crippen LogP) is 1.76. The Morgan fingerprint density at radius 2 is 1.84 bits per heavy atom. The Kier molecular flexibility index (Phi) is 4.85. The van der Waals surface area contributed by atoms with Crippen LogP contribution in [0, 0.1) is 0 Å². The zero-order valence-electron chi connectivity index (χ0n) is 11.0. The number of carbonyl (C=O) groups excluding carboxylic acids is 2. The summed E-state index contributed by atoms with van der Waals surface area (Å²) in [7, 11) is 0. The average Bonchev–Trinajstić information content (AvgIpc) is 2.98. The number of rotatable bonds is 4. The van der Waals surface area contributed by atoms with Gasteiger partial charge in [0, 0.05) is 23.5 Å². The van der Waals surface area contributed by atoms with E-state index in [1.165, 1.54) is 0 Å². The Morgan fingerprint density at radius 1 is 1.21 bits per heavy atom. The first kappa shape index (κ1) is 13.9. The summed E-state index contributed by atoms with van der Waals surface area (Å²) in [5.74, 6) is -0.188. The summed E-state index contributed by atoms with van der Waals surface area (Å²) in [4.78, 5) is 26.6. The molecule has 4 nitrogen and oxygen atoms in total. The molecule has 1 aliphatic rings. The number of hydrogen-bond donors (Lipinski definition) is 1. The van der Waals surface area contributed by atoms with E-state index in [1.54, 1.807) is 28.8 Å². The zero-order chi connectivity index (χ0) is 13.7. The molecule has 0 radical (unpaired) electrons. The largest absolute Gasteiger partial charge is 0.343 e. The number of benzene rings is 1. The summed E-state index contributed by atoms with van der Waals surface area (Å²) in [6.45, 7) is 1.72. The van der Waals surface area contributed by atoms with Gasteiger partial charge in [0.1, 0.15) is 0 Å². The van der Waals surface area contributed by atoms with E-state index in [1.807, 2.05) is 18.4 Å². The van der Waals surface area contributed by atoms with Gasteiger partial charge in [-0.1, -0.05) is 0 Å². The molecule has 0 spiro atoms. The van der Waals surface area contributed by atoms with Gasteiger partial charge in [-0.05, 0) is 43.4 Å². The monoisotopic (exact) mass is 278 g/mol. The second kappa shape index (κ2) is 6.61. The van der Waals surface area contributed by atoms with Crippen molar-refractivity contribution in [2.45, 2.75) is 17.7 Å². The second-order valence-electron chi connectivity index (χ2n) is 4.50. The average molecular weight is 278 g/mol. The number of hydrogen-bond acceptors (Lipinski definition) is 3. The number of carbonyl (C=O) groups is 2. The molecule has 0 aliphatic carbocycles. The minimum Gasteiger partial charge on any atom is -0.343 e. The van der Waals surface area contributed by atoms with Crippen molar-refractivity contribution < 1.29 is 9.59 Å². The summed E-state index contributed by atoms with van der Waals surface area (Å²) in [6.07, 6.45) is 4.12. The van der Waals surface area contributed by atoms with Gasteiger partial charge in [0.05, 0.1) is 6.54 Å². The Labute approximate surface area is 117 Å². The quantitative estimate of drug-likeness (QED) is 0.854. The first-order valence-electron chi connectivity index (χ1n) is 6.41. The maximum atomic E-state index is 11.9. The number of amides is 2. The fourth-order valence-corrected chi connectivity index (χ4v) is 2.49. The van der Waals surface area contributed by atoms with E-state index in [0.29, 0.717) is 5.56 Å². The standard InChI is InChI=1S/C14H18N2O2S/c1-19-12-6-4-11(5-7-12)14(18)15-10-13(17)16-8-2-3-9-16/h4-7H,2-3,8-10H2,1H3,(H,15,18). The van der Waals surface area contributed by atoms with Crippen molar-refractivity contribution in [1.82, 2.24) is 10.2 Å². The van der Waals surface area contributed by atoms with Crippen LogP contribution in [0.1, 0.15) is 23.2 Å². The topological polar surface area (TPSA) is 49.4 Å². The molecule has 1 aromatic carbocycles. The molecule has 2 rings (SSSR count). The number of likely N-dealkylation sites (tertiary alicyclic amines) is 1. The van der Waals surface area contributed by atoms with Gasteiger partial charge in [0.2, 0.25) is 5.91 Å². The number of thioether (sulfide) groups is 1. The zero-order valence-corrected chi connectivity index (χ0v) is 11.8. The molecule has 0 bridgehead atoms. The van der Waals surface area contributed by atoms with Gasteiger partial charge in [0.25, 0.3) is 5.91 Å². The molecule has 0 aromatic heterocycles. The fourth-order valence-electron chi connectivity index (χ4n) is 2.08. The van der Waals surface area contributed by atoms with Crippen LogP contribution in [0.5, 0.6) is 0 Å². The molecule has 0 saturated carbocycles. The summed E-state index contributed by atoms with van der Waals surface area (Å²) in [5, 5.41) is 2.68. The maximum Gasteiger partial charge on any atom is 0.251 e. The Balaban J connectivity index is 1.84. The minimum atomic E-state index is -0.194. The molecular formula is C14H18N2O2S. The Bertz CT molecular complexity index is 453. The Morgan fingerprint density at radius 3 is 2.42 bits per heavy atom. The number of nitrogens with one attached hydrogen (secondary N) is 1. The van der Waals surface area contributed by atoms with Crippen LogP contribution < -0.4 is 5.32 Å². The van der Waals surface area contributed by atoms with Crippen LogP contribution in [-0.2, 0) is 4.79 Å². The lowest BCUT2D eigenvalue weighted by Gasteiger charge is -2.15. The normalized spacial score (nSPS) is 14.5. The van der Waals surface area contributed by atoms with Crippen LogP contribution in [0.25, 0.3) is 0 Å². The van der Waals surface area contributed by atoms with Crippen molar-refractivity contribution in [3.63, 3.8) is 0 Å². The lowest BCUT2D eigenvalue weighted by Crippen LogP contribution is -2.38. The summed E-state index contributed by atoms with van der Waals surface area (Å²) < 4.78 is 0. The van der Waals surface area contributed by atoms with E-state index in [9.17, 15) is 9.59 Å². The van der Waals surface area contributed by atoms with Crippen LogP contribution in [-0.4, -0.2) is 42.6 Å². The fraction of sp³-hybridized carbons (Fsp3) is 0.429. The van der Waals surface area contributed by atoms with Gasteiger partial charge in [-0.15, -0.1) is 11.8 Å². The highest BCUT2D eigenvalue weighted by Gasteiger charge is 2.18. The summed E-state index contributed by atoms with van der Waals surface area (Å²) in [5.41, 5.74) is 0.590. The summed E-state index contributed by atoms with van der Waals surface area (Å²) >= 11 is 1.63. The molecule has 1 N–H and O–H groups in total. The molecule has 1 aliphatic heterocycles. The van der Waals surface area contributed by atoms with Crippen LogP contribution in [0.3, 0.4) is 0 Å². The van der Waals surface area contributed by atoms with Gasteiger partial charge >= 0.3 is 0 Å². The molecule has 1 aromatic rings. The maximum absolute atomic E-state index is 11.9. The molecule has 102 valence electrons. The molecule has 1 saturated heterocycles. The molecule has 1 heterocycles. The molecule has 0 unspecified atom stereocenters. The van der Waals surface area contributed by atoms with E-state index >= 15 is 0 Å². The van der Waals surface area contributed by atoms with E-state index in [2.05, 4.69) is 5.32 Å². The molecule has 19 heavy (non-hydrogen) atoms. The van der Waals surface area contributed by atoms with E-state index in [0.717, 1.165) is 30.8 Å².